The Labute approximate surface area is 105 Å². The fourth-order valence-corrected chi connectivity index (χ4v) is 2.31. The first-order chi connectivity index (χ1) is 8.84. The summed E-state index contributed by atoms with van der Waals surface area (Å²) in [6.45, 7) is 0. The summed E-state index contributed by atoms with van der Waals surface area (Å²) >= 11 is 1.48. The maximum absolute atomic E-state index is 8.21. The van der Waals surface area contributed by atoms with Gasteiger partial charge in [0.05, 0.1) is 23.6 Å². The SMILES string of the molecule is [2H]C(Sc1ccccc1)c1ncc2cnccn12. The number of nitrogens with zero attached hydrogens (tertiary/aromatic N) is 3. The monoisotopic (exact) mass is 242 g/mol. The number of imidazole rings is 1. The molecule has 0 saturated carbocycles. The number of benzene rings is 1. The van der Waals surface area contributed by atoms with Gasteiger partial charge >= 0.3 is 0 Å². The highest BCUT2D eigenvalue weighted by atomic mass is 32.2. The third-order valence-electron chi connectivity index (χ3n) is 2.41. The molecule has 0 spiro atoms. The fraction of sp³-hybridized carbons (Fsp3) is 0.0769. The first kappa shape index (κ1) is 9.24. The molecule has 4 heteroatoms. The van der Waals surface area contributed by atoms with Gasteiger partial charge in [-0.2, -0.15) is 0 Å². The van der Waals surface area contributed by atoms with E-state index in [2.05, 4.69) is 9.97 Å². The van der Waals surface area contributed by atoms with Crippen molar-refractivity contribution in [1.82, 2.24) is 14.4 Å². The molecular formula is C13H11N3S. The third kappa shape index (κ3) is 2.17. The van der Waals surface area contributed by atoms with Crippen LogP contribution in [0.4, 0.5) is 0 Å². The number of thioether (sulfide) groups is 1. The van der Waals surface area contributed by atoms with Crippen molar-refractivity contribution in [2.24, 2.45) is 0 Å². The Bertz CT molecular complexity index is 653. The van der Waals surface area contributed by atoms with E-state index in [1.807, 2.05) is 40.9 Å². The van der Waals surface area contributed by atoms with E-state index in [1.54, 1.807) is 18.6 Å². The highest BCUT2D eigenvalue weighted by Gasteiger charge is 2.03. The molecule has 17 heavy (non-hydrogen) atoms. The van der Waals surface area contributed by atoms with Crippen LogP contribution in [0.5, 0.6) is 0 Å². The standard InChI is InChI=1S/C13H11N3S/c1-2-4-12(5-3-1)17-10-13-15-9-11-8-14-6-7-16(11)13/h1-9H,10H2/i10D. The van der Waals surface area contributed by atoms with Crippen molar-refractivity contribution in [2.75, 3.05) is 0 Å². The molecule has 0 bridgehead atoms. The predicted octanol–water partition coefficient (Wildman–Crippen LogP) is 3.02. The van der Waals surface area contributed by atoms with Crippen molar-refractivity contribution in [3.8, 4) is 0 Å². The van der Waals surface area contributed by atoms with E-state index < -0.39 is 5.73 Å². The number of aromatic nitrogens is 3. The normalized spacial score (nSPS) is 13.5. The maximum atomic E-state index is 8.21. The Hall–Kier alpha value is -1.81. The second-order valence-electron chi connectivity index (χ2n) is 3.54. The summed E-state index contributed by atoms with van der Waals surface area (Å²) in [5, 5.41) is 0. The third-order valence-corrected chi connectivity index (χ3v) is 3.28. The minimum Gasteiger partial charge on any atom is -0.300 e. The van der Waals surface area contributed by atoms with E-state index in [1.165, 1.54) is 11.8 Å². The first-order valence-corrected chi connectivity index (χ1v) is 6.13. The molecule has 0 aliphatic carbocycles. The second-order valence-corrected chi connectivity index (χ2v) is 4.48. The van der Waals surface area contributed by atoms with Gasteiger partial charge in [-0.05, 0) is 12.1 Å². The van der Waals surface area contributed by atoms with Crippen molar-refractivity contribution in [3.05, 3.63) is 60.9 Å². The van der Waals surface area contributed by atoms with Gasteiger partial charge in [-0.25, -0.2) is 4.98 Å². The molecule has 0 fully saturated rings. The van der Waals surface area contributed by atoms with Crippen molar-refractivity contribution in [3.63, 3.8) is 0 Å². The lowest BCUT2D eigenvalue weighted by Gasteiger charge is -2.01. The summed E-state index contributed by atoms with van der Waals surface area (Å²) in [7, 11) is 0. The molecule has 0 amide bonds. The highest BCUT2D eigenvalue weighted by Crippen LogP contribution is 2.21. The Kier molecular flexibility index (Phi) is 2.50. The smallest absolute Gasteiger partial charge is 0.123 e. The molecule has 1 unspecified atom stereocenters. The lowest BCUT2D eigenvalue weighted by molar-refractivity contribution is 1.01. The van der Waals surface area contributed by atoms with E-state index in [0.717, 1.165) is 16.2 Å². The average Bonchev–Trinajstić information content (AvgIpc) is 2.84. The summed E-state index contributed by atoms with van der Waals surface area (Å²) in [6, 6.07) is 9.93. The van der Waals surface area contributed by atoms with Crippen LogP contribution in [0.1, 0.15) is 7.20 Å². The van der Waals surface area contributed by atoms with Gasteiger partial charge in [0.2, 0.25) is 0 Å². The Morgan fingerprint density at radius 2 is 2.12 bits per heavy atom. The van der Waals surface area contributed by atoms with Crippen LogP contribution in [0.15, 0.2) is 60.0 Å². The van der Waals surface area contributed by atoms with Crippen LogP contribution in [-0.4, -0.2) is 14.4 Å². The quantitative estimate of drug-likeness (QED) is 0.661. The van der Waals surface area contributed by atoms with E-state index in [-0.39, 0.29) is 0 Å². The molecule has 1 atom stereocenters. The van der Waals surface area contributed by atoms with Crippen LogP contribution in [0.2, 0.25) is 0 Å². The van der Waals surface area contributed by atoms with Crippen LogP contribution in [0.3, 0.4) is 0 Å². The zero-order valence-corrected chi connectivity index (χ0v) is 9.84. The molecule has 84 valence electrons. The summed E-state index contributed by atoms with van der Waals surface area (Å²) in [5.41, 5.74) is 0.468. The van der Waals surface area contributed by atoms with Gasteiger partial charge < -0.3 is 0 Å². The van der Waals surface area contributed by atoms with Crippen LogP contribution in [0.25, 0.3) is 5.52 Å². The topological polar surface area (TPSA) is 30.2 Å². The molecular weight excluding hydrogens is 230 g/mol. The highest BCUT2D eigenvalue weighted by molar-refractivity contribution is 7.98. The lowest BCUT2D eigenvalue weighted by atomic mass is 10.4. The van der Waals surface area contributed by atoms with Crippen molar-refractivity contribution in [1.29, 1.82) is 0 Å². The summed E-state index contributed by atoms with van der Waals surface area (Å²) < 4.78 is 10.1. The predicted molar refractivity (Wildman–Crippen MR) is 69.0 cm³/mol. The number of hydrogen-bond donors (Lipinski definition) is 0. The Morgan fingerprint density at radius 1 is 1.24 bits per heavy atom. The number of hydrogen-bond acceptors (Lipinski definition) is 3. The molecule has 0 saturated heterocycles. The summed E-state index contributed by atoms with van der Waals surface area (Å²) in [5.74, 6) is 0.723. The zero-order valence-electron chi connectivity index (χ0n) is 10.0. The largest absolute Gasteiger partial charge is 0.300 e. The molecule has 0 N–H and O–H groups in total. The average molecular weight is 242 g/mol. The van der Waals surface area contributed by atoms with Crippen molar-refractivity contribution < 1.29 is 1.37 Å². The molecule has 0 radical (unpaired) electrons. The zero-order chi connectivity index (χ0) is 12.4. The fourth-order valence-electron chi connectivity index (χ4n) is 1.58. The minimum atomic E-state index is -0.447. The minimum absolute atomic E-state index is 0.447. The van der Waals surface area contributed by atoms with Gasteiger partial charge in [0.1, 0.15) is 5.82 Å². The molecule has 2 heterocycles. The van der Waals surface area contributed by atoms with Crippen LogP contribution in [-0.2, 0) is 5.73 Å². The van der Waals surface area contributed by atoms with Gasteiger partial charge in [-0.3, -0.25) is 9.38 Å². The second kappa shape index (κ2) is 4.59. The Balaban J connectivity index is 1.90. The summed E-state index contributed by atoms with van der Waals surface area (Å²) in [4.78, 5) is 9.42. The lowest BCUT2D eigenvalue weighted by Crippen LogP contribution is -1.92. The number of rotatable bonds is 3. The maximum Gasteiger partial charge on any atom is 0.123 e. The van der Waals surface area contributed by atoms with Gasteiger partial charge in [0.25, 0.3) is 0 Å². The molecule has 0 aliphatic rings. The summed E-state index contributed by atoms with van der Waals surface area (Å²) in [6.07, 6.45) is 7.04. The Morgan fingerprint density at radius 3 is 3.00 bits per heavy atom. The number of fused-ring (bicyclic) bond motifs is 1. The van der Waals surface area contributed by atoms with Gasteiger partial charge in [0, 0.05) is 18.7 Å². The molecule has 3 aromatic rings. The molecule has 3 nitrogen and oxygen atoms in total. The molecule has 2 aromatic heterocycles. The van der Waals surface area contributed by atoms with Crippen LogP contribution < -0.4 is 0 Å². The van der Waals surface area contributed by atoms with Crippen LogP contribution >= 0.6 is 11.8 Å². The van der Waals surface area contributed by atoms with Gasteiger partial charge in [-0.1, -0.05) is 18.2 Å². The van der Waals surface area contributed by atoms with E-state index >= 15 is 0 Å². The van der Waals surface area contributed by atoms with E-state index in [4.69, 9.17) is 1.37 Å². The van der Waals surface area contributed by atoms with Crippen LogP contribution in [0, 0.1) is 0 Å². The van der Waals surface area contributed by atoms with E-state index in [9.17, 15) is 0 Å². The van der Waals surface area contributed by atoms with E-state index in [0.29, 0.717) is 0 Å². The van der Waals surface area contributed by atoms with Gasteiger partial charge in [0.15, 0.2) is 0 Å². The van der Waals surface area contributed by atoms with Crippen molar-refractivity contribution in [2.45, 2.75) is 10.6 Å². The molecule has 0 aliphatic heterocycles. The first-order valence-electron chi connectivity index (χ1n) is 5.83. The van der Waals surface area contributed by atoms with Crippen molar-refractivity contribution >= 4 is 17.3 Å². The molecule has 3 rings (SSSR count). The van der Waals surface area contributed by atoms with Gasteiger partial charge in [-0.15, -0.1) is 11.8 Å². The molecule has 1 aromatic carbocycles.